The zero-order chi connectivity index (χ0) is 14.5. The number of thiazole rings is 1. The number of anilines is 1. The van der Waals surface area contributed by atoms with Crippen LogP contribution in [0.1, 0.15) is 31.9 Å². The summed E-state index contributed by atoms with van der Waals surface area (Å²) in [5.74, 6) is -1.09. The average molecular weight is 297 g/mol. The van der Waals surface area contributed by atoms with Gasteiger partial charge < -0.3 is 10.0 Å². The van der Waals surface area contributed by atoms with Gasteiger partial charge in [0.25, 0.3) is 0 Å². The molecule has 20 heavy (non-hydrogen) atoms. The molecule has 1 saturated heterocycles. The second kappa shape index (κ2) is 6.69. The fraction of sp³-hybridized carbons (Fsp3) is 0.615. The number of hydrogen-bond donors (Lipinski definition) is 2. The van der Waals surface area contributed by atoms with Crippen molar-refractivity contribution in [3.63, 3.8) is 0 Å². The van der Waals surface area contributed by atoms with Crippen molar-refractivity contribution in [1.29, 1.82) is 0 Å². The Labute approximate surface area is 121 Å². The Balaban J connectivity index is 1.84. The van der Waals surface area contributed by atoms with Gasteiger partial charge in [-0.1, -0.05) is 13.3 Å². The Morgan fingerprint density at radius 1 is 1.50 bits per heavy atom. The number of amides is 2. The summed E-state index contributed by atoms with van der Waals surface area (Å²) in [6, 6.07) is -0.189. The molecule has 1 aromatic heterocycles. The zero-order valence-corrected chi connectivity index (χ0v) is 12.3. The van der Waals surface area contributed by atoms with E-state index in [0.29, 0.717) is 31.1 Å². The number of nitrogens with one attached hydrogen (secondary N) is 1. The molecule has 2 amide bonds. The van der Waals surface area contributed by atoms with Gasteiger partial charge in [-0.05, 0) is 19.3 Å². The Morgan fingerprint density at radius 2 is 2.20 bits per heavy atom. The third kappa shape index (κ3) is 3.69. The van der Waals surface area contributed by atoms with Crippen LogP contribution in [0.25, 0.3) is 0 Å². The molecule has 0 unspecified atom stereocenters. The predicted molar refractivity (Wildman–Crippen MR) is 77.1 cm³/mol. The highest BCUT2D eigenvalue weighted by Crippen LogP contribution is 2.20. The molecule has 0 bridgehead atoms. The number of rotatable bonds is 4. The van der Waals surface area contributed by atoms with Crippen LogP contribution in [0.15, 0.2) is 5.38 Å². The van der Waals surface area contributed by atoms with Gasteiger partial charge in [-0.25, -0.2) is 9.78 Å². The van der Waals surface area contributed by atoms with Crippen LogP contribution in [-0.2, 0) is 11.2 Å². The first-order valence-corrected chi connectivity index (χ1v) is 7.71. The monoisotopic (exact) mass is 297 g/mol. The number of aromatic nitrogens is 1. The van der Waals surface area contributed by atoms with E-state index in [9.17, 15) is 9.59 Å². The lowest BCUT2D eigenvalue weighted by molar-refractivity contribution is -0.143. The molecule has 1 aliphatic rings. The largest absolute Gasteiger partial charge is 0.481 e. The fourth-order valence-electron chi connectivity index (χ4n) is 2.24. The van der Waals surface area contributed by atoms with Crippen LogP contribution in [-0.4, -0.2) is 40.1 Å². The van der Waals surface area contributed by atoms with Gasteiger partial charge in [-0.2, -0.15) is 0 Å². The molecule has 1 fully saturated rings. The van der Waals surface area contributed by atoms with Crippen molar-refractivity contribution in [2.75, 3.05) is 18.4 Å². The summed E-state index contributed by atoms with van der Waals surface area (Å²) < 4.78 is 0. The SMILES string of the molecule is CCCc1csc(NC(=O)N2CCC(C(=O)O)CC2)n1. The van der Waals surface area contributed by atoms with Crippen LogP contribution < -0.4 is 5.32 Å². The molecule has 1 aromatic rings. The van der Waals surface area contributed by atoms with E-state index in [-0.39, 0.29) is 11.9 Å². The predicted octanol–water partition coefficient (Wildman–Crippen LogP) is 2.42. The number of carboxylic acid groups (broad SMARTS) is 1. The average Bonchev–Trinajstić information content (AvgIpc) is 2.86. The molecule has 110 valence electrons. The Morgan fingerprint density at radius 3 is 2.80 bits per heavy atom. The third-order valence-electron chi connectivity index (χ3n) is 3.40. The van der Waals surface area contributed by atoms with E-state index in [4.69, 9.17) is 5.11 Å². The van der Waals surface area contributed by atoms with Crippen molar-refractivity contribution in [3.05, 3.63) is 11.1 Å². The van der Waals surface area contributed by atoms with Crippen molar-refractivity contribution >= 4 is 28.5 Å². The van der Waals surface area contributed by atoms with E-state index < -0.39 is 5.97 Å². The van der Waals surface area contributed by atoms with Gasteiger partial charge in [0.15, 0.2) is 5.13 Å². The van der Waals surface area contributed by atoms with Gasteiger partial charge in [0.05, 0.1) is 11.6 Å². The molecule has 0 saturated carbocycles. The first-order valence-electron chi connectivity index (χ1n) is 6.83. The van der Waals surface area contributed by atoms with Gasteiger partial charge in [0.1, 0.15) is 0 Å². The molecule has 0 radical (unpaired) electrons. The van der Waals surface area contributed by atoms with Gasteiger partial charge in [-0.15, -0.1) is 11.3 Å². The highest BCUT2D eigenvalue weighted by Gasteiger charge is 2.27. The lowest BCUT2D eigenvalue weighted by Crippen LogP contribution is -2.42. The highest BCUT2D eigenvalue weighted by atomic mass is 32.1. The van der Waals surface area contributed by atoms with Crippen LogP contribution in [0.2, 0.25) is 0 Å². The second-order valence-corrected chi connectivity index (χ2v) is 5.78. The van der Waals surface area contributed by atoms with Crippen molar-refractivity contribution in [3.8, 4) is 0 Å². The van der Waals surface area contributed by atoms with Crippen molar-refractivity contribution in [1.82, 2.24) is 9.88 Å². The van der Waals surface area contributed by atoms with E-state index in [0.717, 1.165) is 18.5 Å². The van der Waals surface area contributed by atoms with Crippen LogP contribution in [0, 0.1) is 5.92 Å². The molecule has 1 aliphatic heterocycles. The normalized spacial score (nSPS) is 16.1. The Kier molecular flexibility index (Phi) is 4.94. The van der Waals surface area contributed by atoms with E-state index in [1.54, 1.807) is 4.90 Å². The van der Waals surface area contributed by atoms with Crippen LogP contribution in [0.3, 0.4) is 0 Å². The van der Waals surface area contributed by atoms with Crippen LogP contribution >= 0.6 is 11.3 Å². The standard InChI is InChI=1S/C13H19N3O3S/c1-2-3-10-8-20-12(14-10)15-13(19)16-6-4-9(5-7-16)11(17)18/h8-9H,2-7H2,1H3,(H,17,18)(H,14,15,19). The number of hydrogen-bond acceptors (Lipinski definition) is 4. The number of likely N-dealkylation sites (tertiary alicyclic amines) is 1. The number of carbonyl (C=O) groups excluding carboxylic acids is 1. The molecule has 2 rings (SSSR count). The van der Waals surface area contributed by atoms with E-state index in [2.05, 4.69) is 17.2 Å². The summed E-state index contributed by atoms with van der Waals surface area (Å²) in [4.78, 5) is 28.9. The first-order chi connectivity index (χ1) is 9.60. The van der Waals surface area contributed by atoms with Gasteiger partial charge in [0.2, 0.25) is 0 Å². The second-order valence-electron chi connectivity index (χ2n) is 4.92. The smallest absolute Gasteiger partial charge is 0.323 e. The molecule has 0 aliphatic carbocycles. The van der Waals surface area contributed by atoms with Gasteiger partial charge in [0, 0.05) is 18.5 Å². The summed E-state index contributed by atoms with van der Waals surface area (Å²) >= 11 is 1.42. The summed E-state index contributed by atoms with van der Waals surface area (Å²) in [5.41, 5.74) is 0.998. The minimum absolute atomic E-state index is 0.189. The molecular weight excluding hydrogens is 278 g/mol. The lowest BCUT2D eigenvalue weighted by atomic mass is 9.97. The van der Waals surface area contributed by atoms with Gasteiger partial charge >= 0.3 is 12.0 Å². The van der Waals surface area contributed by atoms with E-state index >= 15 is 0 Å². The molecular formula is C13H19N3O3S. The number of nitrogens with zero attached hydrogens (tertiary/aromatic N) is 2. The van der Waals surface area contributed by atoms with Crippen molar-refractivity contribution < 1.29 is 14.7 Å². The molecule has 0 atom stereocenters. The molecule has 2 heterocycles. The number of piperidine rings is 1. The van der Waals surface area contributed by atoms with Crippen LogP contribution in [0.5, 0.6) is 0 Å². The van der Waals surface area contributed by atoms with Crippen LogP contribution in [0.4, 0.5) is 9.93 Å². The molecule has 6 nitrogen and oxygen atoms in total. The summed E-state index contributed by atoms with van der Waals surface area (Å²) in [6.07, 6.45) is 2.97. The van der Waals surface area contributed by atoms with Crippen molar-refractivity contribution in [2.24, 2.45) is 5.92 Å². The third-order valence-corrected chi connectivity index (χ3v) is 4.21. The molecule has 0 spiro atoms. The van der Waals surface area contributed by atoms with Crippen molar-refractivity contribution in [2.45, 2.75) is 32.6 Å². The van der Waals surface area contributed by atoms with E-state index in [1.807, 2.05) is 5.38 Å². The highest BCUT2D eigenvalue weighted by molar-refractivity contribution is 7.13. The lowest BCUT2D eigenvalue weighted by Gasteiger charge is -2.29. The van der Waals surface area contributed by atoms with Gasteiger partial charge in [-0.3, -0.25) is 10.1 Å². The molecule has 2 N–H and O–H groups in total. The molecule has 0 aromatic carbocycles. The maximum Gasteiger partial charge on any atom is 0.323 e. The summed E-state index contributed by atoms with van der Waals surface area (Å²) in [5, 5.41) is 14.3. The quantitative estimate of drug-likeness (QED) is 0.894. The topological polar surface area (TPSA) is 82.5 Å². The number of carbonyl (C=O) groups is 2. The Bertz CT molecular complexity index is 481. The fourth-order valence-corrected chi connectivity index (χ4v) is 2.97. The number of urea groups is 1. The Hall–Kier alpha value is -1.63. The number of aryl methyl sites for hydroxylation is 1. The minimum atomic E-state index is -0.769. The number of carboxylic acids is 1. The summed E-state index contributed by atoms with van der Waals surface area (Å²) in [6.45, 7) is 3.05. The maximum absolute atomic E-state index is 12.0. The minimum Gasteiger partial charge on any atom is -0.481 e. The zero-order valence-electron chi connectivity index (χ0n) is 11.5. The first kappa shape index (κ1) is 14.8. The van der Waals surface area contributed by atoms with E-state index in [1.165, 1.54) is 11.3 Å². The molecule has 7 heteroatoms. The maximum atomic E-state index is 12.0. The summed E-state index contributed by atoms with van der Waals surface area (Å²) in [7, 11) is 0. The number of aliphatic carboxylic acids is 1.